The van der Waals surface area contributed by atoms with Gasteiger partial charge in [-0.25, -0.2) is 0 Å². The van der Waals surface area contributed by atoms with Gasteiger partial charge in [0.05, 0.1) is 0 Å². The molecule has 1 fully saturated rings. The van der Waals surface area contributed by atoms with Crippen molar-refractivity contribution in [3.05, 3.63) is 29.8 Å². The molecule has 2 N–H and O–H groups in total. The molecule has 4 heteroatoms. The van der Waals surface area contributed by atoms with E-state index >= 15 is 0 Å². The third kappa shape index (κ3) is 2.97. The Bertz CT molecular complexity index is 388. The molecule has 1 heterocycles. The largest absolute Gasteiger partial charge is 0.508 e. The number of carboxylic acids is 1. The first-order chi connectivity index (χ1) is 8.16. The van der Waals surface area contributed by atoms with Gasteiger partial charge in [-0.15, -0.1) is 0 Å². The fourth-order valence-corrected chi connectivity index (χ4v) is 2.30. The third-order valence-electron chi connectivity index (χ3n) is 3.22. The monoisotopic (exact) mass is 235 g/mol. The quantitative estimate of drug-likeness (QED) is 0.839. The second-order valence-corrected chi connectivity index (χ2v) is 4.49. The van der Waals surface area contributed by atoms with Crippen molar-refractivity contribution < 1.29 is 15.0 Å². The molecular formula is C13H17NO3. The molecule has 0 spiro atoms. The Morgan fingerprint density at radius 1 is 1.29 bits per heavy atom. The molecule has 1 unspecified atom stereocenters. The van der Waals surface area contributed by atoms with Crippen molar-refractivity contribution in [3.63, 3.8) is 0 Å². The summed E-state index contributed by atoms with van der Waals surface area (Å²) in [4.78, 5) is 13.1. The van der Waals surface area contributed by atoms with Crippen LogP contribution in [0.25, 0.3) is 0 Å². The number of phenolic OH excluding ortho intramolecular Hbond substituents is 1. The van der Waals surface area contributed by atoms with E-state index < -0.39 is 5.97 Å². The van der Waals surface area contributed by atoms with Gasteiger partial charge in [0.25, 0.3) is 0 Å². The summed E-state index contributed by atoms with van der Waals surface area (Å²) in [6.07, 6.45) is 2.78. The SMILES string of the molecule is O=C(O)C1CCCCN1Cc1ccc(O)cc1. The van der Waals surface area contributed by atoms with E-state index in [1.54, 1.807) is 12.1 Å². The Morgan fingerprint density at radius 3 is 2.65 bits per heavy atom. The van der Waals surface area contributed by atoms with E-state index in [1.165, 1.54) is 0 Å². The number of carbonyl (C=O) groups is 1. The molecular weight excluding hydrogens is 218 g/mol. The van der Waals surface area contributed by atoms with Crippen LogP contribution in [0.1, 0.15) is 24.8 Å². The summed E-state index contributed by atoms with van der Waals surface area (Å²) in [5.74, 6) is -0.495. The number of aromatic hydroxyl groups is 1. The number of hydrogen-bond acceptors (Lipinski definition) is 3. The molecule has 17 heavy (non-hydrogen) atoms. The van der Waals surface area contributed by atoms with Crippen molar-refractivity contribution in [1.82, 2.24) is 4.90 Å². The van der Waals surface area contributed by atoms with Crippen molar-refractivity contribution in [3.8, 4) is 5.75 Å². The average molecular weight is 235 g/mol. The van der Waals surface area contributed by atoms with Gasteiger partial charge in [0.15, 0.2) is 0 Å². The van der Waals surface area contributed by atoms with Crippen LogP contribution in [0.4, 0.5) is 0 Å². The number of phenols is 1. The highest BCUT2D eigenvalue weighted by Gasteiger charge is 2.27. The highest BCUT2D eigenvalue weighted by Crippen LogP contribution is 2.20. The Kier molecular flexibility index (Phi) is 3.64. The van der Waals surface area contributed by atoms with Gasteiger partial charge in [-0.3, -0.25) is 9.69 Å². The number of hydrogen-bond donors (Lipinski definition) is 2. The van der Waals surface area contributed by atoms with Crippen molar-refractivity contribution in [2.45, 2.75) is 31.8 Å². The van der Waals surface area contributed by atoms with Gasteiger partial charge in [-0.2, -0.15) is 0 Å². The molecule has 0 radical (unpaired) electrons. The first kappa shape index (κ1) is 11.9. The van der Waals surface area contributed by atoms with Crippen molar-refractivity contribution in [1.29, 1.82) is 0 Å². The van der Waals surface area contributed by atoms with Gasteiger partial charge in [-0.05, 0) is 37.1 Å². The Morgan fingerprint density at radius 2 is 2.00 bits per heavy atom. The summed E-state index contributed by atoms with van der Waals surface area (Å²) >= 11 is 0. The van der Waals surface area contributed by atoms with E-state index in [-0.39, 0.29) is 11.8 Å². The maximum Gasteiger partial charge on any atom is 0.320 e. The summed E-state index contributed by atoms with van der Waals surface area (Å²) < 4.78 is 0. The van der Waals surface area contributed by atoms with Gasteiger partial charge >= 0.3 is 5.97 Å². The highest BCUT2D eigenvalue weighted by molar-refractivity contribution is 5.73. The van der Waals surface area contributed by atoms with Crippen LogP contribution in [0.5, 0.6) is 5.75 Å². The average Bonchev–Trinajstić information content (AvgIpc) is 2.32. The predicted octanol–water partition coefficient (Wildman–Crippen LogP) is 1.83. The van der Waals surface area contributed by atoms with E-state index in [2.05, 4.69) is 0 Å². The summed E-state index contributed by atoms with van der Waals surface area (Å²) in [5, 5.41) is 18.3. The lowest BCUT2D eigenvalue weighted by atomic mass is 10.0. The minimum atomic E-state index is -0.733. The molecule has 1 aromatic carbocycles. The zero-order chi connectivity index (χ0) is 12.3. The lowest BCUT2D eigenvalue weighted by Crippen LogP contribution is -2.43. The highest BCUT2D eigenvalue weighted by atomic mass is 16.4. The number of aliphatic carboxylic acids is 1. The van der Waals surface area contributed by atoms with Crippen LogP contribution in [0.3, 0.4) is 0 Å². The van der Waals surface area contributed by atoms with Crippen LogP contribution in [-0.4, -0.2) is 33.7 Å². The normalized spacial score (nSPS) is 21.3. The third-order valence-corrected chi connectivity index (χ3v) is 3.22. The van der Waals surface area contributed by atoms with Gasteiger partial charge in [0, 0.05) is 6.54 Å². The summed E-state index contributed by atoms with van der Waals surface area (Å²) in [7, 11) is 0. The molecule has 0 aromatic heterocycles. The molecule has 4 nitrogen and oxygen atoms in total. The fraction of sp³-hybridized carbons (Fsp3) is 0.462. The summed E-state index contributed by atoms with van der Waals surface area (Å²) in [5.41, 5.74) is 1.04. The summed E-state index contributed by atoms with van der Waals surface area (Å²) in [6.45, 7) is 1.47. The van der Waals surface area contributed by atoms with Crippen molar-refractivity contribution >= 4 is 5.97 Å². The van der Waals surface area contributed by atoms with Crippen molar-refractivity contribution in [2.24, 2.45) is 0 Å². The number of carboxylic acid groups (broad SMARTS) is 1. The molecule has 1 aliphatic rings. The van der Waals surface area contributed by atoms with Crippen LogP contribution in [-0.2, 0) is 11.3 Å². The van der Waals surface area contributed by atoms with Gasteiger partial charge in [0.1, 0.15) is 11.8 Å². The number of rotatable bonds is 3. The topological polar surface area (TPSA) is 60.8 Å². The maximum atomic E-state index is 11.1. The van der Waals surface area contributed by atoms with E-state index in [0.29, 0.717) is 6.54 Å². The number of benzene rings is 1. The zero-order valence-corrected chi connectivity index (χ0v) is 9.67. The molecule has 1 aliphatic heterocycles. The van der Waals surface area contributed by atoms with Crippen LogP contribution in [0.2, 0.25) is 0 Å². The molecule has 0 saturated carbocycles. The molecule has 0 bridgehead atoms. The van der Waals surface area contributed by atoms with Crippen LogP contribution in [0, 0.1) is 0 Å². The second-order valence-electron chi connectivity index (χ2n) is 4.49. The maximum absolute atomic E-state index is 11.1. The molecule has 0 aliphatic carbocycles. The van der Waals surface area contributed by atoms with Gasteiger partial charge in [-0.1, -0.05) is 18.6 Å². The van der Waals surface area contributed by atoms with Gasteiger partial charge in [0.2, 0.25) is 0 Å². The molecule has 1 atom stereocenters. The van der Waals surface area contributed by atoms with Crippen LogP contribution >= 0.6 is 0 Å². The number of nitrogens with zero attached hydrogens (tertiary/aromatic N) is 1. The number of likely N-dealkylation sites (tertiary alicyclic amines) is 1. The first-order valence-corrected chi connectivity index (χ1v) is 5.91. The first-order valence-electron chi connectivity index (χ1n) is 5.91. The molecule has 2 rings (SSSR count). The Hall–Kier alpha value is -1.55. The number of piperidine rings is 1. The van der Waals surface area contributed by atoms with Crippen LogP contribution in [0.15, 0.2) is 24.3 Å². The summed E-state index contributed by atoms with van der Waals surface area (Å²) in [6, 6.07) is 6.58. The lowest BCUT2D eigenvalue weighted by Gasteiger charge is -2.32. The Balaban J connectivity index is 2.05. The van der Waals surface area contributed by atoms with Crippen molar-refractivity contribution in [2.75, 3.05) is 6.54 Å². The Labute approximate surface area is 100 Å². The molecule has 1 saturated heterocycles. The second kappa shape index (κ2) is 5.19. The minimum absolute atomic E-state index is 0.238. The van der Waals surface area contributed by atoms with E-state index in [1.807, 2.05) is 17.0 Å². The van der Waals surface area contributed by atoms with Gasteiger partial charge < -0.3 is 10.2 Å². The molecule has 92 valence electrons. The molecule has 0 amide bonds. The standard InChI is InChI=1S/C13H17NO3/c15-11-6-4-10(5-7-11)9-14-8-2-1-3-12(14)13(16)17/h4-7,12,15H,1-3,8-9H2,(H,16,17). The zero-order valence-electron chi connectivity index (χ0n) is 9.67. The minimum Gasteiger partial charge on any atom is -0.508 e. The fourth-order valence-electron chi connectivity index (χ4n) is 2.30. The van der Waals surface area contributed by atoms with E-state index in [4.69, 9.17) is 5.11 Å². The van der Waals surface area contributed by atoms with E-state index in [0.717, 1.165) is 31.4 Å². The van der Waals surface area contributed by atoms with E-state index in [9.17, 15) is 9.90 Å². The molecule has 1 aromatic rings. The smallest absolute Gasteiger partial charge is 0.320 e. The predicted molar refractivity (Wildman–Crippen MR) is 63.8 cm³/mol. The van der Waals surface area contributed by atoms with Crippen LogP contribution < -0.4 is 0 Å². The lowest BCUT2D eigenvalue weighted by molar-refractivity contribution is -0.144.